The molecule has 0 bridgehead atoms. The SMILES string of the molecule is Cc1cccc(NC(=O)CN(C)CC(=O)c2cc(C)n(Cc3ccc(F)cc3)c2C)n1. The number of aryl methyl sites for hydroxylation is 2. The molecular formula is C24H27FN4O2. The normalized spacial score (nSPS) is 11.0. The van der Waals surface area contributed by atoms with Gasteiger partial charge in [0, 0.05) is 29.2 Å². The fourth-order valence-corrected chi connectivity index (χ4v) is 3.53. The van der Waals surface area contributed by atoms with Gasteiger partial charge in [-0.2, -0.15) is 0 Å². The van der Waals surface area contributed by atoms with Gasteiger partial charge in [0.1, 0.15) is 11.6 Å². The van der Waals surface area contributed by atoms with E-state index in [0.29, 0.717) is 17.9 Å². The molecule has 0 fully saturated rings. The minimum absolute atomic E-state index is 0.0533. The highest BCUT2D eigenvalue weighted by molar-refractivity contribution is 5.99. The Morgan fingerprint density at radius 2 is 1.77 bits per heavy atom. The number of nitrogens with one attached hydrogen (secondary N) is 1. The van der Waals surface area contributed by atoms with Crippen LogP contribution >= 0.6 is 0 Å². The molecule has 6 nitrogen and oxygen atoms in total. The fraction of sp³-hybridized carbons (Fsp3) is 0.292. The first-order chi connectivity index (χ1) is 14.7. The van der Waals surface area contributed by atoms with Gasteiger partial charge in [-0.15, -0.1) is 0 Å². The molecule has 2 aromatic heterocycles. The zero-order chi connectivity index (χ0) is 22.5. The third-order valence-electron chi connectivity index (χ3n) is 5.11. The van der Waals surface area contributed by atoms with Crippen molar-refractivity contribution in [3.8, 4) is 0 Å². The number of benzene rings is 1. The molecule has 0 unspecified atom stereocenters. The predicted octanol–water partition coefficient (Wildman–Crippen LogP) is 3.75. The van der Waals surface area contributed by atoms with Crippen molar-refractivity contribution in [2.75, 3.05) is 25.5 Å². The van der Waals surface area contributed by atoms with Gasteiger partial charge in [0.25, 0.3) is 0 Å². The van der Waals surface area contributed by atoms with E-state index in [4.69, 9.17) is 0 Å². The molecule has 0 radical (unpaired) electrons. The van der Waals surface area contributed by atoms with Crippen LogP contribution in [0.3, 0.4) is 0 Å². The monoisotopic (exact) mass is 422 g/mol. The maximum absolute atomic E-state index is 13.2. The molecule has 0 spiro atoms. The Labute approximate surface area is 181 Å². The van der Waals surface area contributed by atoms with E-state index >= 15 is 0 Å². The first-order valence-electron chi connectivity index (χ1n) is 10.1. The number of likely N-dealkylation sites (N-methyl/N-ethyl adjacent to an activating group) is 1. The molecule has 0 aliphatic rings. The van der Waals surface area contributed by atoms with Crippen molar-refractivity contribution in [1.82, 2.24) is 14.5 Å². The second-order valence-electron chi connectivity index (χ2n) is 7.81. The van der Waals surface area contributed by atoms with E-state index in [-0.39, 0.29) is 30.6 Å². The second-order valence-corrected chi connectivity index (χ2v) is 7.81. The van der Waals surface area contributed by atoms with Crippen LogP contribution in [0.15, 0.2) is 48.5 Å². The van der Waals surface area contributed by atoms with Crippen molar-refractivity contribution in [2.24, 2.45) is 0 Å². The highest BCUT2D eigenvalue weighted by Gasteiger charge is 2.18. The number of aromatic nitrogens is 2. The van der Waals surface area contributed by atoms with Crippen LogP contribution in [0.5, 0.6) is 0 Å². The average Bonchev–Trinajstić information content (AvgIpc) is 2.97. The summed E-state index contributed by atoms with van der Waals surface area (Å²) in [5.41, 5.74) is 4.22. The Hall–Kier alpha value is -3.32. The van der Waals surface area contributed by atoms with Crippen LogP contribution in [0.25, 0.3) is 0 Å². The van der Waals surface area contributed by atoms with Gasteiger partial charge in [-0.25, -0.2) is 9.37 Å². The number of nitrogens with zero attached hydrogens (tertiary/aromatic N) is 3. The summed E-state index contributed by atoms with van der Waals surface area (Å²) in [4.78, 5) is 31.1. The quantitative estimate of drug-likeness (QED) is 0.562. The maximum Gasteiger partial charge on any atom is 0.239 e. The third kappa shape index (κ3) is 5.86. The van der Waals surface area contributed by atoms with E-state index in [2.05, 4.69) is 10.3 Å². The maximum atomic E-state index is 13.2. The smallest absolute Gasteiger partial charge is 0.239 e. The van der Waals surface area contributed by atoms with Crippen LogP contribution in [-0.4, -0.2) is 46.3 Å². The van der Waals surface area contributed by atoms with Crippen molar-refractivity contribution in [3.63, 3.8) is 0 Å². The predicted molar refractivity (Wildman–Crippen MR) is 119 cm³/mol. The zero-order valence-electron chi connectivity index (χ0n) is 18.3. The minimum Gasteiger partial charge on any atom is -0.344 e. The molecule has 0 aliphatic carbocycles. The van der Waals surface area contributed by atoms with Crippen molar-refractivity contribution < 1.29 is 14.0 Å². The molecule has 0 atom stereocenters. The molecule has 1 amide bonds. The van der Waals surface area contributed by atoms with Crippen LogP contribution in [0.1, 0.15) is 33.0 Å². The number of hydrogen-bond donors (Lipinski definition) is 1. The van der Waals surface area contributed by atoms with Gasteiger partial charge in [-0.3, -0.25) is 14.5 Å². The first kappa shape index (κ1) is 22.4. The van der Waals surface area contributed by atoms with Gasteiger partial charge >= 0.3 is 0 Å². The Balaban J connectivity index is 1.62. The van der Waals surface area contributed by atoms with Gasteiger partial charge in [-0.05, 0) is 63.7 Å². The summed E-state index contributed by atoms with van der Waals surface area (Å²) in [5.74, 6) is -0.0579. The fourth-order valence-electron chi connectivity index (χ4n) is 3.53. The number of ketones is 1. The number of carbonyl (C=O) groups is 2. The number of hydrogen-bond acceptors (Lipinski definition) is 4. The number of rotatable bonds is 8. The molecule has 3 rings (SSSR count). The van der Waals surface area contributed by atoms with E-state index in [1.807, 2.05) is 43.5 Å². The summed E-state index contributed by atoms with van der Waals surface area (Å²) in [6, 6.07) is 13.6. The summed E-state index contributed by atoms with van der Waals surface area (Å²) in [6.07, 6.45) is 0. The van der Waals surface area contributed by atoms with Gasteiger partial charge in [0.2, 0.25) is 5.91 Å². The summed E-state index contributed by atoms with van der Waals surface area (Å²) in [5, 5.41) is 2.75. The molecule has 0 aliphatic heterocycles. The lowest BCUT2D eigenvalue weighted by atomic mass is 10.1. The van der Waals surface area contributed by atoms with Crippen LogP contribution in [-0.2, 0) is 11.3 Å². The van der Waals surface area contributed by atoms with Crippen LogP contribution < -0.4 is 5.32 Å². The Bertz CT molecular complexity index is 1090. The lowest BCUT2D eigenvalue weighted by Crippen LogP contribution is -2.34. The molecule has 31 heavy (non-hydrogen) atoms. The highest BCUT2D eigenvalue weighted by Crippen LogP contribution is 2.18. The number of halogens is 1. The lowest BCUT2D eigenvalue weighted by molar-refractivity contribution is -0.116. The van der Waals surface area contributed by atoms with Crippen LogP contribution in [0.2, 0.25) is 0 Å². The van der Waals surface area contributed by atoms with Crippen LogP contribution in [0, 0.1) is 26.6 Å². The molecule has 1 aromatic carbocycles. The molecule has 0 saturated heterocycles. The second kappa shape index (κ2) is 9.66. The number of pyridine rings is 1. The molecular weight excluding hydrogens is 395 g/mol. The molecule has 1 N–H and O–H groups in total. The van der Waals surface area contributed by atoms with Gasteiger partial charge in [0.05, 0.1) is 13.1 Å². The summed E-state index contributed by atoms with van der Waals surface area (Å²) < 4.78 is 15.2. The Morgan fingerprint density at radius 1 is 1.06 bits per heavy atom. The molecule has 0 saturated carbocycles. The number of amides is 1. The average molecular weight is 423 g/mol. The van der Waals surface area contributed by atoms with Crippen molar-refractivity contribution in [1.29, 1.82) is 0 Å². The summed E-state index contributed by atoms with van der Waals surface area (Å²) >= 11 is 0. The molecule has 162 valence electrons. The van der Waals surface area contributed by atoms with Crippen molar-refractivity contribution >= 4 is 17.5 Å². The van der Waals surface area contributed by atoms with Crippen molar-refractivity contribution in [3.05, 3.63) is 82.6 Å². The Kier molecular flexibility index (Phi) is 6.97. The van der Waals surface area contributed by atoms with E-state index in [1.54, 1.807) is 30.1 Å². The topological polar surface area (TPSA) is 67.2 Å². The highest BCUT2D eigenvalue weighted by atomic mass is 19.1. The minimum atomic E-state index is -0.272. The summed E-state index contributed by atoms with van der Waals surface area (Å²) in [7, 11) is 1.73. The van der Waals surface area contributed by atoms with E-state index < -0.39 is 0 Å². The van der Waals surface area contributed by atoms with Crippen molar-refractivity contribution in [2.45, 2.75) is 27.3 Å². The molecule has 7 heteroatoms. The number of Topliss-reactive ketones (excluding diaryl/α,β-unsaturated/α-hetero) is 1. The van der Waals surface area contributed by atoms with Gasteiger partial charge < -0.3 is 9.88 Å². The van der Waals surface area contributed by atoms with Gasteiger partial charge in [0.15, 0.2) is 5.78 Å². The first-order valence-corrected chi connectivity index (χ1v) is 10.1. The Morgan fingerprint density at radius 3 is 2.45 bits per heavy atom. The van der Waals surface area contributed by atoms with Crippen LogP contribution in [0.4, 0.5) is 10.2 Å². The lowest BCUT2D eigenvalue weighted by Gasteiger charge is -2.15. The molecule has 3 aromatic rings. The zero-order valence-corrected chi connectivity index (χ0v) is 18.3. The van der Waals surface area contributed by atoms with E-state index in [0.717, 1.165) is 22.6 Å². The summed E-state index contributed by atoms with van der Waals surface area (Å²) in [6.45, 7) is 6.46. The van der Waals surface area contributed by atoms with Gasteiger partial charge in [-0.1, -0.05) is 18.2 Å². The third-order valence-corrected chi connectivity index (χ3v) is 5.11. The molecule has 2 heterocycles. The number of carbonyl (C=O) groups excluding carboxylic acids is 2. The van der Waals surface area contributed by atoms with E-state index in [9.17, 15) is 14.0 Å². The van der Waals surface area contributed by atoms with E-state index in [1.165, 1.54) is 12.1 Å². The number of anilines is 1. The standard InChI is InChI=1S/C24H27FN4O2/c1-16-6-5-7-23(26-16)27-24(31)15-28(4)14-22(30)21-12-17(2)29(18(21)3)13-19-8-10-20(25)11-9-19/h5-12H,13-15H2,1-4H3,(H,26,27,31). The largest absolute Gasteiger partial charge is 0.344 e.